The van der Waals surface area contributed by atoms with Gasteiger partial charge in [0.2, 0.25) is 0 Å². The van der Waals surface area contributed by atoms with E-state index in [0.717, 1.165) is 16.0 Å². The van der Waals surface area contributed by atoms with Gasteiger partial charge in [-0.05, 0) is 43.2 Å². The van der Waals surface area contributed by atoms with Gasteiger partial charge >= 0.3 is 5.97 Å². The normalized spacial score (nSPS) is 11.3. The number of esters is 1. The Kier molecular flexibility index (Phi) is 6.46. The lowest BCUT2D eigenvalue weighted by atomic mass is 10.1. The van der Waals surface area contributed by atoms with Crippen LogP contribution in [-0.2, 0) is 9.53 Å². The summed E-state index contributed by atoms with van der Waals surface area (Å²) >= 11 is 7.89. The van der Waals surface area contributed by atoms with Gasteiger partial charge in [-0.2, -0.15) is 0 Å². The standard InChI is InChI=1S/C15H19ClO2S/c1-5-18-15(17)9-6-12-11(4)13(16)7-8-14(12)19-10(2)3/h6-10H,5H2,1-4H3/b9-6+. The zero-order valence-electron chi connectivity index (χ0n) is 11.7. The molecule has 0 saturated carbocycles. The number of rotatable bonds is 5. The first-order valence-electron chi connectivity index (χ1n) is 6.26. The van der Waals surface area contributed by atoms with Gasteiger partial charge < -0.3 is 4.74 Å². The third kappa shape index (κ3) is 4.92. The molecule has 0 spiro atoms. The fourth-order valence-electron chi connectivity index (χ4n) is 1.58. The summed E-state index contributed by atoms with van der Waals surface area (Å²) in [6.07, 6.45) is 3.23. The Morgan fingerprint density at radius 3 is 2.74 bits per heavy atom. The van der Waals surface area contributed by atoms with E-state index in [1.165, 1.54) is 6.08 Å². The van der Waals surface area contributed by atoms with Crippen LogP contribution in [0.25, 0.3) is 6.08 Å². The Balaban J connectivity index is 3.08. The molecule has 0 aliphatic rings. The highest BCUT2D eigenvalue weighted by Crippen LogP contribution is 2.33. The van der Waals surface area contributed by atoms with Gasteiger partial charge in [0.05, 0.1) is 6.61 Å². The van der Waals surface area contributed by atoms with Crippen molar-refractivity contribution < 1.29 is 9.53 Å². The van der Waals surface area contributed by atoms with Crippen LogP contribution < -0.4 is 0 Å². The Morgan fingerprint density at radius 2 is 2.16 bits per heavy atom. The van der Waals surface area contributed by atoms with Crippen molar-refractivity contribution in [1.82, 2.24) is 0 Å². The average molecular weight is 299 g/mol. The molecule has 0 aromatic heterocycles. The maximum absolute atomic E-state index is 11.4. The molecule has 0 unspecified atom stereocenters. The van der Waals surface area contributed by atoms with Gasteiger partial charge in [0.25, 0.3) is 0 Å². The van der Waals surface area contributed by atoms with Gasteiger partial charge in [0.1, 0.15) is 0 Å². The zero-order chi connectivity index (χ0) is 14.4. The van der Waals surface area contributed by atoms with Gasteiger partial charge in [0, 0.05) is 21.2 Å². The van der Waals surface area contributed by atoms with E-state index in [0.29, 0.717) is 16.9 Å². The fourth-order valence-corrected chi connectivity index (χ4v) is 2.75. The second-order valence-electron chi connectivity index (χ2n) is 4.34. The maximum Gasteiger partial charge on any atom is 0.330 e. The Labute approximate surface area is 124 Å². The summed E-state index contributed by atoms with van der Waals surface area (Å²) in [5.74, 6) is -0.331. The minimum Gasteiger partial charge on any atom is -0.463 e. The molecule has 19 heavy (non-hydrogen) atoms. The van der Waals surface area contributed by atoms with E-state index < -0.39 is 0 Å². The van der Waals surface area contributed by atoms with E-state index in [9.17, 15) is 4.79 Å². The van der Waals surface area contributed by atoms with Crippen LogP contribution in [0.4, 0.5) is 0 Å². The number of ether oxygens (including phenoxy) is 1. The Hall–Kier alpha value is -0.930. The third-order valence-corrected chi connectivity index (χ3v) is 3.93. The fraction of sp³-hybridized carbons (Fsp3) is 0.400. The molecule has 0 fully saturated rings. The lowest BCUT2D eigenvalue weighted by molar-refractivity contribution is -0.137. The molecule has 0 amide bonds. The third-order valence-electron chi connectivity index (χ3n) is 2.44. The average Bonchev–Trinajstić information content (AvgIpc) is 2.33. The number of hydrogen-bond acceptors (Lipinski definition) is 3. The monoisotopic (exact) mass is 298 g/mol. The van der Waals surface area contributed by atoms with E-state index in [4.69, 9.17) is 16.3 Å². The molecule has 0 heterocycles. The summed E-state index contributed by atoms with van der Waals surface area (Å²) in [5, 5.41) is 1.17. The van der Waals surface area contributed by atoms with Gasteiger partial charge in [-0.25, -0.2) is 4.79 Å². The van der Waals surface area contributed by atoms with E-state index >= 15 is 0 Å². The van der Waals surface area contributed by atoms with Crippen LogP contribution in [0.3, 0.4) is 0 Å². The number of halogens is 1. The van der Waals surface area contributed by atoms with Crippen molar-refractivity contribution in [3.63, 3.8) is 0 Å². The molecule has 0 N–H and O–H groups in total. The smallest absolute Gasteiger partial charge is 0.330 e. The largest absolute Gasteiger partial charge is 0.463 e. The van der Waals surface area contributed by atoms with Gasteiger partial charge in [-0.3, -0.25) is 0 Å². The van der Waals surface area contributed by atoms with Crippen molar-refractivity contribution in [3.8, 4) is 0 Å². The molecule has 0 bridgehead atoms. The number of hydrogen-bond donors (Lipinski definition) is 0. The van der Waals surface area contributed by atoms with Crippen LogP contribution in [0, 0.1) is 6.92 Å². The van der Waals surface area contributed by atoms with Crippen molar-refractivity contribution >= 4 is 35.4 Å². The molecule has 1 aromatic carbocycles. The first kappa shape index (κ1) is 16.1. The molecule has 0 aliphatic heterocycles. The predicted octanol–water partition coefficient (Wildman–Crippen LogP) is 4.73. The quantitative estimate of drug-likeness (QED) is 0.447. The topological polar surface area (TPSA) is 26.3 Å². The maximum atomic E-state index is 11.4. The van der Waals surface area contributed by atoms with E-state index in [1.54, 1.807) is 24.8 Å². The lowest BCUT2D eigenvalue weighted by Gasteiger charge is -2.12. The van der Waals surface area contributed by atoms with Crippen molar-refractivity contribution in [1.29, 1.82) is 0 Å². The van der Waals surface area contributed by atoms with E-state index in [2.05, 4.69) is 13.8 Å². The summed E-state index contributed by atoms with van der Waals surface area (Å²) in [5.41, 5.74) is 1.96. The number of carbonyl (C=O) groups is 1. The van der Waals surface area contributed by atoms with Crippen LogP contribution in [0.15, 0.2) is 23.1 Å². The second-order valence-corrected chi connectivity index (χ2v) is 6.36. The summed E-state index contributed by atoms with van der Waals surface area (Å²) in [4.78, 5) is 12.5. The minimum absolute atomic E-state index is 0.331. The van der Waals surface area contributed by atoms with Crippen LogP contribution in [-0.4, -0.2) is 17.8 Å². The van der Waals surface area contributed by atoms with Crippen LogP contribution in [0.2, 0.25) is 5.02 Å². The summed E-state index contributed by atoms with van der Waals surface area (Å²) in [6, 6.07) is 3.88. The molecule has 1 rings (SSSR count). The van der Waals surface area contributed by atoms with Crippen molar-refractivity contribution in [2.24, 2.45) is 0 Å². The van der Waals surface area contributed by atoms with Crippen LogP contribution in [0.1, 0.15) is 31.9 Å². The molecule has 1 aromatic rings. The molecule has 0 aliphatic carbocycles. The predicted molar refractivity (Wildman–Crippen MR) is 82.8 cm³/mol. The van der Waals surface area contributed by atoms with Gasteiger partial charge in [-0.15, -0.1) is 11.8 Å². The molecule has 0 atom stereocenters. The minimum atomic E-state index is -0.331. The SMILES string of the molecule is CCOC(=O)/C=C/c1c(SC(C)C)ccc(Cl)c1C. The van der Waals surface area contributed by atoms with Crippen molar-refractivity contribution in [2.45, 2.75) is 37.8 Å². The molecule has 0 radical (unpaired) electrons. The summed E-state index contributed by atoms with van der Waals surface area (Å²) in [7, 11) is 0. The highest BCUT2D eigenvalue weighted by molar-refractivity contribution is 8.00. The first-order chi connectivity index (χ1) is 8.95. The summed E-state index contributed by atoms with van der Waals surface area (Å²) < 4.78 is 4.89. The number of benzene rings is 1. The van der Waals surface area contributed by atoms with Crippen LogP contribution in [0.5, 0.6) is 0 Å². The Morgan fingerprint density at radius 1 is 1.47 bits per heavy atom. The molecule has 0 saturated heterocycles. The lowest BCUT2D eigenvalue weighted by Crippen LogP contribution is -1.99. The molecule has 2 nitrogen and oxygen atoms in total. The molecular formula is C15H19ClO2S. The number of carbonyl (C=O) groups excluding carboxylic acids is 1. The Bertz CT molecular complexity index is 481. The van der Waals surface area contributed by atoms with Gasteiger partial charge in [0.15, 0.2) is 0 Å². The highest BCUT2D eigenvalue weighted by atomic mass is 35.5. The van der Waals surface area contributed by atoms with E-state index in [1.807, 2.05) is 19.1 Å². The van der Waals surface area contributed by atoms with Crippen molar-refractivity contribution in [3.05, 3.63) is 34.4 Å². The van der Waals surface area contributed by atoms with E-state index in [-0.39, 0.29) is 5.97 Å². The van der Waals surface area contributed by atoms with Gasteiger partial charge in [-0.1, -0.05) is 25.4 Å². The van der Waals surface area contributed by atoms with Crippen molar-refractivity contribution in [2.75, 3.05) is 6.61 Å². The molecule has 104 valence electrons. The number of thioether (sulfide) groups is 1. The van der Waals surface area contributed by atoms with Crippen LogP contribution >= 0.6 is 23.4 Å². The zero-order valence-corrected chi connectivity index (χ0v) is 13.3. The molecule has 4 heteroatoms. The highest BCUT2D eigenvalue weighted by Gasteiger charge is 2.09. The second kappa shape index (κ2) is 7.61. The molecular weight excluding hydrogens is 280 g/mol. The first-order valence-corrected chi connectivity index (χ1v) is 7.52. The summed E-state index contributed by atoms with van der Waals surface area (Å²) in [6.45, 7) is 8.39.